The lowest BCUT2D eigenvalue weighted by Crippen LogP contribution is -2.58. The minimum Gasteiger partial charge on any atom is -0.465 e. The molecule has 6 atom stereocenters. The molecule has 1 aromatic rings. The molecule has 4 aliphatic heterocycles. The Morgan fingerprint density at radius 2 is 1.86 bits per heavy atom. The van der Waals surface area contributed by atoms with Crippen LogP contribution in [0.4, 0.5) is 5.69 Å². The van der Waals surface area contributed by atoms with Gasteiger partial charge in [0.2, 0.25) is 5.91 Å². The third kappa shape index (κ3) is 4.01. The summed E-state index contributed by atoms with van der Waals surface area (Å²) in [6.07, 6.45) is 9.80. The fourth-order valence-corrected chi connectivity index (χ4v) is 6.60. The lowest BCUT2D eigenvalue weighted by Gasteiger charge is -2.38. The van der Waals surface area contributed by atoms with Gasteiger partial charge in [-0.25, -0.2) is 0 Å². The van der Waals surface area contributed by atoms with E-state index in [0.29, 0.717) is 19.6 Å². The molecule has 2 fully saturated rings. The molecule has 0 bridgehead atoms. The second kappa shape index (κ2) is 10.1. The number of esters is 1. The van der Waals surface area contributed by atoms with Crippen LogP contribution >= 0.6 is 0 Å². The third-order valence-electron chi connectivity index (χ3n) is 8.32. The number of ether oxygens (including phenoxy) is 2. The van der Waals surface area contributed by atoms with Gasteiger partial charge in [0.05, 0.1) is 31.3 Å². The summed E-state index contributed by atoms with van der Waals surface area (Å²) in [5.41, 5.74) is 1.37. The first-order valence-electron chi connectivity index (χ1n) is 13.3. The predicted molar refractivity (Wildman–Crippen MR) is 138 cm³/mol. The van der Waals surface area contributed by atoms with Crippen LogP contribution in [0.2, 0.25) is 0 Å². The van der Waals surface area contributed by atoms with Crippen molar-refractivity contribution in [3.8, 4) is 0 Å². The third-order valence-corrected chi connectivity index (χ3v) is 8.32. The summed E-state index contributed by atoms with van der Waals surface area (Å²) in [5, 5.41) is 10.2. The van der Waals surface area contributed by atoms with E-state index in [1.807, 2.05) is 63.3 Å². The van der Waals surface area contributed by atoms with E-state index in [2.05, 4.69) is 0 Å². The van der Waals surface area contributed by atoms with Gasteiger partial charge in [-0.15, -0.1) is 0 Å². The van der Waals surface area contributed by atoms with E-state index in [4.69, 9.17) is 9.47 Å². The zero-order valence-corrected chi connectivity index (χ0v) is 21.8. The maximum atomic E-state index is 14.5. The number of fused-ring (bicyclic) bond motifs is 2. The quantitative estimate of drug-likeness (QED) is 0.496. The maximum Gasteiger partial charge on any atom is 0.312 e. The highest BCUT2D eigenvalue weighted by Crippen LogP contribution is 2.54. The van der Waals surface area contributed by atoms with Crippen molar-refractivity contribution in [2.45, 2.75) is 70.2 Å². The Hall–Kier alpha value is -2.97. The van der Waals surface area contributed by atoms with E-state index in [9.17, 15) is 19.5 Å². The standard InChI is InChI=1S/C29H36N2O6/c1-4-20(17-32)31-25-27(34)30(24-18(2)11-9-12-19(24)3)15-10-14-29(25)23(26(31)33)22-21(37-29)13-7-5-6-8-16-36-28(22)35/h7,9-14,20-23,25,32H,4-6,8,15-17H2,1-3H3/b13-7-/t20-,21-,22+,23-,25?,29-/m0/s1. The number of amides is 2. The summed E-state index contributed by atoms with van der Waals surface area (Å²) in [5.74, 6) is -2.87. The van der Waals surface area contributed by atoms with Crippen molar-refractivity contribution in [2.24, 2.45) is 11.8 Å². The summed E-state index contributed by atoms with van der Waals surface area (Å²) in [4.78, 5) is 45.2. The van der Waals surface area contributed by atoms with Crippen molar-refractivity contribution in [3.63, 3.8) is 0 Å². The number of hydrogen-bond donors (Lipinski definition) is 1. The Morgan fingerprint density at radius 1 is 1.11 bits per heavy atom. The van der Waals surface area contributed by atoms with Crippen LogP contribution in [-0.2, 0) is 23.9 Å². The first-order valence-corrected chi connectivity index (χ1v) is 13.3. The number of likely N-dealkylation sites (tertiary alicyclic amines) is 1. The van der Waals surface area contributed by atoms with Gasteiger partial charge >= 0.3 is 5.97 Å². The van der Waals surface area contributed by atoms with E-state index < -0.39 is 41.6 Å². The average Bonchev–Trinajstić information content (AvgIpc) is 3.26. The Kier molecular flexibility index (Phi) is 6.98. The highest BCUT2D eigenvalue weighted by molar-refractivity contribution is 6.06. The van der Waals surface area contributed by atoms with Crippen LogP contribution in [-0.4, -0.2) is 71.3 Å². The van der Waals surface area contributed by atoms with Gasteiger partial charge in [0.1, 0.15) is 17.6 Å². The second-order valence-electron chi connectivity index (χ2n) is 10.5. The predicted octanol–water partition coefficient (Wildman–Crippen LogP) is 2.84. The summed E-state index contributed by atoms with van der Waals surface area (Å²) in [7, 11) is 0. The molecule has 2 amide bonds. The molecule has 5 rings (SSSR count). The number of aliphatic hydroxyl groups excluding tert-OH is 1. The number of anilines is 1. The highest BCUT2D eigenvalue weighted by Gasteiger charge is 2.72. The summed E-state index contributed by atoms with van der Waals surface area (Å²) in [6, 6.07) is 4.28. The van der Waals surface area contributed by atoms with Crippen LogP contribution in [0.15, 0.2) is 42.5 Å². The van der Waals surface area contributed by atoms with E-state index in [1.165, 1.54) is 4.90 Å². The molecular weight excluding hydrogens is 472 g/mol. The molecule has 37 heavy (non-hydrogen) atoms. The van der Waals surface area contributed by atoms with Gasteiger partial charge in [0.15, 0.2) is 0 Å². The molecule has 198 valence electrons. The van der Waals surface area contributed by atoms with E-state index >= 15 is 0 Å². The van der Waals surface area contributed by atoms with E-state index in [-0.39, 0.29) is 18.4 Å². The van der Waals surface area contributed by atoms with Gasteiger partial charge in [-0.05, 0) is 50.7 Å². The average molecular weight is 509 g/mol. The topological polar surface area (TPSA) is 96.4 Å². The van der Waals surface area contributed by atoms with Crippen LogP contribution in [0, 0.1) is 25.7 Å². The molecule has 2 saturated heterocycles. The first kappa shape index (κ1) is 25.7. The van der Waals surface area contributed by atoms with E-state index in [1.54, 1.807) is 4.90 Å². The largest absolute Gasteiger partial charge is 0.465 e. The number of aryl methyl sites for hydroxylation is 2. The molecule has 8 heteroatoms. The molecule has 1 N–H and O–H groups in total. The fraction of sp³-hybridized carbons (Fsp3) is 0.552. The number of aliphatic hydroxyl groups is 1. The van der Waals surface area contributed by atoms with Crippen LogP contribution in [0.5, 0.6) is 0 Å². The van der Waals surface area contributed by atoms with Crippen molar-refractivity contribution in [2.75, 3.05) is 24.7 Å². The van der Waals surface area contributed by atoms with Crippen LogP contribution in [0.3, 0.4) is 0 Å². The molecule has 1 unspecified atom stereocenters. The van der Waals surface area contributed by atoms with Crippen molar-refractivity contribution in [1.29, 1.82) is 0 Å². The van der Waals surface area contributed by atoms with Crippen LogP contribution in [0.25, 0.3) is 0 Å². The highest BCUT2D eigenvalue weighted by atomic mass is 16.6. The van der Waals surface area contributed by atoms with Gasteiger partial charge < -0.3 is 24.4 Å². The molecule has 0 radical (unpaired) electrons. The number of para-hydroxylation sites is 1. The first-order chi connectivity index (χ1) is 17.9. The number of carbonyl (C=O) groups is 3. The van der Waals surface area contributed by atoms with Crippen LogP contribution in [0.1, 0.15) is 43.7 Å². The van der Waals surface area contributed by atoms with Crippen molar-refractivity contribution < 1.29 is 29.0 Å². The summed E-state index contributed by atoms with van der Waals surface area (Å²) >= 11 is 0. The Labute approximate surface area is 217 Å². The number of benzene rings is 1. The Bertz CT molecular complexity index is 1120. The normalized spacial score (nSPS) is 33.4. The molecule has 4 heterocycles. The molecule has 8 nitrogen and oxygen atoms in total. The monoisotopic (exact) mass is 508 g/mol. The summed E-state index contributed by atoms with van der Waals surface area (Å²) < 4.78 is 12.3. The molecule has 1 spiro atoms. The van der Waals surface area contributed by atoms with E-state index in [0.717, 1.165) is 36.1 Å². The molecule has 0 aromatic heterocycles. The zero-order valence-electron chi connectivity index (χ0n) is 21.8. The van der Waals surface area contributed by atoms with Crippen molar-refractivity contribution in [1.82, 2.24) is 4.90 Å². The molecule has 0 saturated carbocycles. The van der Waals surface area contributed by atoms with Gasteiger partial charge in [0, 0.05) is 12.2 Å². The molecule has 1 aromatic carbocycles. The Balaban J connectivity index is 1.66. The van der Waals surface area contributed by atoms with Gasteiger partial charge in [-0.1, -0.05) is 49.4 Å². The molecular formula is C29H36N2O6. The molecule has 4 aliphatic rings. The van der Waals surface area contributed by atoms with Crippen LogP contribution < -0.4 is 4.90 Å². The summed E-state index contributed by atoms with van der Waals surface area (Å²) in [6.45, 7) is 6.11. The number of hydrogen-bond acceptors (Lipinski definition) is 6. The van der Waals surface area contributed by atoms with Gasteiger partial charge in [-0.3, -0.25) is 14.4 Å². The number of nitrogens with zero attached hydrogens (tertiary/aromatic N) is 2. The van der Waals surface area contributed by atoms with Gasteiger partial charge in [0.25, 0.3) is 5.91 Å². The minimum absolute atomic E-state index is 0.272. The number of carbonyl (C=O) groups excluding carboxylic acids is 3. The Morgan fingerprint density at radius 3 is 2.57 bits per heavy atom. The lowest BCUT2D eigenvalue weighted by atomic mass is 9.78. The SMILES string of the molecule is CC[C@@H](CO)N1C(=O)[C@@H]2[C@@H]3C(=O)OCCCC/C=C\[C@@H]3O[C@@]23C=CCN(c2c(C)cccc2C)C(=O)C13. The van der Waals surface area contributed by atoms with Gasteiger partial charge in [-0.2, -0.15) is 0 Å². The minimum atomic E-state index is -1.34. The number of allylic oxidation sites excluding steroid dienone is 1. The number of cyclic esters (lactones) is 1. The number of rotatable bonds is 4. The van der Waals surface area contributed by atoms with Crippen molar-refractivity contribution >= 4 is 23.5 Å². The second-order valence-corrected chi connectivity index (χ2v) is 10.5. The smallest absolute Gasteiger partial charge is 0.312 e. The maximum absolute atomic E-state index is 14.5. The fourth-order valence-electron chi connectivity index (χ4n) is 6.60. The molecule has 0 aliphatic carbocycles. The zero-order chi connectivity index (χ0) is 26.3. The lowest BCUT2D eigenvalue weighted by molar-refractivity contribution is -0.155. The van der Waals surface area contributed by atoms with Crippen molar-refractivity contribution in [3.05, 3.63) is 53.6 Å².